The minimum Gasteiger partial charge on any atom is -0.108 e. The second-order valence-electron chi connectivity index (χ2n) is 0.100. The number of nitrogens with one attached hydrogen (secondary N) is 1. The molecule has 0 heterocycles. The van der Waals surface area contributed by atoms with E-state index in [-0.39, 0.29) is 68.9 Å². The molecule has 0 fully saturated rings. The number of nitrogens with zero attached hydrogens (tertiary/aromatic N) is 2. The van der Waals surface area contributed by atoms with Crippen LogP contribution in [0.15, 0.2) is 0 Å². The van der Waals surface area contributed by atoms with Crippen LogP contribution in [0, 0.1) is 5.53 Å². The van der Waals surface area contributed by atoms with E-state index >= 15 is 0 Å². The van der Waals surface area contributed by atoms with Crippen LogP contribution in [0.25, 0.3) is 10.4 Å². The molecule has 0 aliphatic heterocycles. The van der Waals surface area contributed by atoms with E-state index in [1.165, 1.54) is 0 Å². The zero-order chi connectivity index (χ0) is 2.71. The Morgan fingerprint density at radius 2 is 1.75 bits per heavy atom. The Kier molecular flexibility index (Phi) is 19.9. The van der Waals surface area contributed by atoms with Crippen molar-refractivity contribution in [2.45, 2.75) is 0 Å². The molecule has 0 saturated carbocycles. The van der Waals surface area contributed by atoms with Crippen molar-refractivity contribution < 1.29 is 0 Å². The van der Waals surface area contributed by atoms with Gasteiger partial charge in [-0.1, -0.05) is 0 Å². The summed E-state index contributed by atoms with van der Waals surface area (Å²) in [5.74, 6) is 0. The summed E-state index contributed by atoms with van der Waals surface area (Å²) in [5.41, 5.74) is 12.2. The summed E-state index contributed by atoms with van der Waals surface area (Å²) >= 11 is 0. The first kappa shape index (κ1) is 9.03. The predicted molar refractivity (Wildman–Crippen MR) is 16.6 cm³/mol. The number of hydrogen-bond donors (Lipinski definition) is 1. The minimum atomic E-state index is 0. The van der Waals surface area contributed by atoms with Gasteiger partial charge >= 0.3 is 68.9 Å². The van der Waals surface area contributed by atoms with Gasteiger partial charge in [-0.2, -0.15) is 0 Å². The average Bonchev–Trinajstić information content (AvgIpc) is 0.918. The zero-order valence-electron chi connectivity index (χ0n) is 1.39. The Hall–Kier alpha value is 1.36. The standard InChI is InChI=1S/Cs.HN3.H/c;1-3-2;/h;1H;. The number of hydrogen-bond acceptors (Lipinski definition) is 1. The predicted octanol–water partition coefficient (Wildman–Crippen LogP) is 0.227. The maximum atomic E-state index is 6.86. The van der Waals surface area contributed by atoms with Crippen molar-refractivity contribution in [2.24, 2.45) is 0 Å². The van der Waals surface area contributed by atoms with Crippen LogP contribution >= 0.6 is 0 Å². The molecule has 4 heteroatoms. The van der Waals surface area contributed by atoms with Gasteiger partial charge in [0.25, 0.3) is 0 Å². The molecule has 1 N–H and O–H groups in total. The molecular formula is H2CsN3. The van der Waals surface area contributed by atoms with Crippen LogP contribution in [0.4, 0.5) is 0 Å². The number of rotatable bonds is 0. The van der Waals surface area contributed by atoms with E-state index in [9.17, 15) is 0 Å². The monoisotopic (exact) mass is 177 g/mol. The van der Waals surface area contributed by atoms with Crippen molar-refractivity contribution in [3.8, 4) is 0 Å². The molecule has 18 valence electrons. The van der Waals surface area contributed by atoms with Gasteiger partial charge in [-0.15, -0.1) is 5.53 Å². The normalized spacial score (nSPS) is 2.00. The average molecular weight is 177 g/mol. The third-order valence-corrected chi connectivity index (χ3v) is 0. The Morgan fingerprint density at radius 3 is 1.75 bits per heavy atom. The molecule has 0 aromatic rings. The van der Waals surface area contributed by atoms with E-state index in [0.29, 0.717) is 0 Å². The van der Waals surface area contributed by atoms with Gasteiger partial charge in [0, 0.05) is 0 Å². The van der Waals surface area contributed by atoms with E-state index in [0.717, 1.165) is 0 Å². The van der Waals surface area contributed by atoms with Gasteiger partial charge in [-0.3, -0.25) is 0 Å². The fraction of sp³-hybridized carbons (Fsp3) is 0. The zero-order valence-corrected chi connectivity index (χ0v) is 1.39. The van der Waals surface area contributed by atoms with Crippen molar-refractivity contribution in [1.29, 1.82) is 5.53 Å². The van der Waals surface area contributed by atoms with Crippen LogP contribution in [0.3, 0.4) is 0 Å². The molecule has 4 heavy (non-hydrogen) atoms. The smallest absolute Gasteiger partial charge is 0.00208 e. The van der Waals surface area contributed by atoms with E-state index in [1.54, 1.807) is 4.91 Å². The summed E-state index contributed by atoms with van der Waals surface area (Å²) in [6, 6.07) is 0. The quantitative estimate of drug-likeness (QED) is 0.312. The molecule has 0 atom stereocenters. The molecule has 0 aliphatic rings. The fourth-order valence-corrected chi connectivity index (χ4v) is 0. The molecular weight excluding hydrogens is 175 g/mol. The largest absolute Gasteiger partial charge is 0.108 e. The first-order chi connectivity index (χ1) is 1.41. The van der Waals surface area contributed by atoms with Crippen LogP contribution in [0.2, 0.25) is 0 Å². The van der Waals surface area contributed by atoms with Gasteiger partial charge in [-0.05, 0) is 10.4 Å². The van der Waals surface area contributed by atoms with Gasteiger partial charge in [0.15, 0.2) is 0 Å². The molecule has 0 aromatic carbocycles. The van der Waals surface area contributed by atoms with E-state index in [1.807, 2.05) is 0 Å². The minimum absolute atomic E-state index is 0. The van der Waals surface area contributed by atoms with Crippen molar-refractivity contribution in [2.75, 3.05) is 0 Å². The second-order valence-corrected chi connectivity index (χ2v) is 0.100. The molecule has 0 unspecified atom stereocenters. The summed E-state index contributed by atoms with van der Waals surface area (Å²) in [7, 11) is 0. The third kappa shape index (κ3) is 10.1. The Morgan fingerprint density at radius 1 is 1.75 bits per heavy atom. The van der Waals surface area contributed by atoms with Crippen molar-refractivity contribution in [1.82, 2.24) is 0 Å². The molecule has 0 aromatic heterocycles. The maximum Gasteiger partial charge on any atom is -0.00208 e. The molecule has 0 aliphatic carbocycles. The Balaban J connectivity index is 0. The van der Waals surface area contributed by atoms with E-state index < -0.39 is 0 Å². The van der Waals surface area contributed by atoms with Crippen molar-refractivity contribution in [3.05, 3.63) is 10.4 Å². The summed E-state index contributed by atoms with van der Waals surface area (Å²) in [6.07, 6.45) is 0. The Bertz CT molecular complexity index is 24.3. The first-order valence-electron chi connectivity index (χ1n) is 0.424. The van der Waals surface area contributed by atoms with Crippen LogP contribution in [-0.4, -0.2) is 68.9 Å². The van der Waals surface area contributed by atoms with Crippen LogP contribution < -0.4 is 0 Å². The summed E-state index contributed by atoms with van der Waals surface area (Å²) < 4.78 is 0. The van der Waals surface area contributed by atoms with Gasteiger partial charge in [-0.25, -0.2) is 0 Å². The van der Waals surface area contributed by atoms with Crippen LogP contribution in [0.5, 0.6) is 0 Å². The maximum absolute atomic E-state index is 6.86. The van der Waals surface area contributed by atoms with Gasteiger partial charge < -0.3 is 0 Å². The molecule has 0 spiro atoms. The molecule has 0 amide bonds. The van der Waals surface area contributed by atoms with Gasteiger partial charge in [0.05, 0.1) is 0 Å². The van der Waals surface area contributed by atoms with E-state index in [2.05, 4.69) is 0 Å². The van der Waals surface area contributed by atoms with Crippen LogP contribution in [-0.2, 0) is 0 Å². The third-order valence-electron chi connectivity index (χ3n) is 0. The Labute approximate surface area is 82.6 Å². The molecule has 0 rings (SSSR count). The van der Waals surface area contributed by atoms with Crippen molar-refractivity contribution >= 4 is 68.9 Å². The molecule has 0 bridgehead atoms. The SMILES string of the molecule is [CsH].[N-]=[N+]=N. The van der Waals surface area contributed by atoms with Gasteiger partial charge in [0.1, 0.15) is 0 Å². The molecule has 0 radical (unpaired) electrons. The van der Waals surface area contributed by atoms with E-state index in [4.69, 9.17) is 11.1 Å². The summed E-state index contributed by atoms with van der Waals surface area (Å²) in [4.78, 5) is 1.75. The fourth-order valence-electron chi connectivity index (χ4n) is 0. The first-order valence-corrected chi connectivity index (χ1v) is 0.424. The molecule has 0 saturated heterocycles. The summed E-state index contributed by atoms with van der Waals surface area (Å²) in [6.45, 7) is 0. The second kappa shape index (κ2) is 8.84. The van der Waals surface area contributed by atoms with Crippen molar-refractivity contribution in [3.63, 3.8) is 0 Å². The topological polar surface area (TPSA) is 60.3 Å². The molecule has 3 nitrogen and oxygen atoms in total. The van der Waals surface area contributed by atoms with Gasteiger partial charge in [0.2, 0.25) is 0 Å². The summed E-state index contributed by atoms with van der Waals surface area (Å²) in [5, 5.41) is 0. The van der Waals surface area contributed by atoms with Crippen LogP contribution in [0.1, 0.15) is 0 Å².